The summed E-state index contributed by atoms with van der Waals surface area (Å²) in [6.45, 7) is 8.30. The molecule has 140 valence electrons. The van der Waals surface area contributed by atoms with E-state index < -0.39 is 0 Å². The molecule has 6 heteroatoms. The Hall–Kier alpha value is -1.59. The van der Waals surface area contributed by atoms with Gasteiger partial charge in [0.05, 0.1) is 0 Å². The molecule has 0 bridgehead atoms. The molecule has 5 nitrogen and oxygen atoms in total. The Bertz CT molecular complexity index is 606. The first kappa shape index (κ1) is 21.5. The van der Waals surface area contributed by atoms with E-state index in [1.165, 1.54) is 6.42 Å². The summed E-state index contributed by atoms with van der Waals surface area (Å²) in [5.74, 6) is 0.532. The fourth-order valence-corrected chi connectivity index (χ4v) is 3.15. The highest BCUT2D eigenvalue weighted by atomic mass is 35.5. The van der Waals surface area contributed by atoms with Gasteiger partial charge < -0.3 is 15.5 Å². The van der Waals surface area contributed by atoms with E-state index in [9.17, 15) is 9.59 Å². The number of hydrogen-bond acceptors (Lipinski definition) is 3. The van der Waals surface area contributed by atoms with Crippen molar-refractivity contribution in [1.29, 1.82) is 0 Å². The molecule has 2 unspecified atom stereocenters. The minimum atomic E-state index is -0.106. The van der Waals surface area contributed by atoms with Crippen LogP contribution in [0.2, 0.25) is 0 Å². The molecule has 1 aromatic carbocycles. The third-order valence-electron chi connectivity index (χ3n) is 4.63. The molecular formula is C19H30ClN3O2. The molecule has 1 fully saturated rings. The number of benzene rings is 1. The Morgan fingerprint density at radius 3 is 2.68 bits per heavy atom. The minimum Gasteiger partial charge on any atom is -0.338 e. The first-order chi connectivity index (χ1) is 11.4. The molecule has 0 aliphatic carbocycles. The van der Waals surface area contributed by atoms with Gasteiger partial charge in [0.2, 0.25) is 5.91 Å². The molecule has 0 aromatic heterocycles. The van der Waals surface area contributed by atoms with Crippen LogP contribution in [0.3, 0.4) is 0 Å². The number of nitrogens with zero attached hydrogens (tertiary/aromatic N) is 1. The normalized spacial score (nSPS) is 18.2. The number of piperidine rings is 1. The van der Waals surface area contributed by atoms with Crippen molar-refractivity contribution in [2.45, 2.75) is 33.6 Å². The highest BCUT2D eigenvalue weighted by Crippen LogP contribution is 2.21. The van der Waals surface area contributed by atoms with E-state index in [1.807, 2.05) is 44.0 Å². The van der Waals surface area contributed by atoms with Gasteiger partial charge >= 0.3 is 0 Å². The number of anilines is 1. The van der Waals surface area contributed by atoms with Crippen LogP contribution in [0.1, 0.15) is 42.6 Å². The summed E-state index contributed by atoms with van der Waals surface area (Å²) in [6, 6.07) is 5.52. The fourth-order valence-electron chi connectivity index (χ4n) is 3.15. The molecule has 1 aliphatic rings. The van der Waals surface area contributed by atoms with Crippen LogP contribution in [-0.4, -0.2) is 43.4 Å². The number of rotatable bonds is 5. The zero-order valence-electron chi connectivity index (χ0n) is 15.6. The van der Waals surface area contributed by atoms with Crippen LogP contribution >= 0.6 is 12.4 Å². The molecule has 2 rings (SSSR count). The third kappa shape index (κ3) is 5.72. The largest absolute Gasteiger partial charge is 0.338 e. The zero-order chi connectivity index (χ0) is 17.7. The van der Waals surface area contributed by atoms with Crippen LogP contribution in [0.4, 0.5) is 5.69 Å². The Morgan fingerprint density at radius 2 is 2.08 bits per heavy atom. The van der Waals surface area contributed by atoms with Gasteiger partial charge in [0.1, 0.15) is 0 Å². The van der Waals surface area contributed by atoms with Crippen molar-refractivity contribution < 1.29 is 9.59 Å². The average Bonchev–Trinajstić information content (AvgIpc) is 2.56. The van der Waals surface area contributed by atoms with Gasteiger partial charge in [0, 0.05) is 36.8 Å². The van der Waals surface area contributed by atoms with Gasteiger partial charge in [0.25, 0.3) is 5.91 Å². The summed E-state index contributed by atoms with van der Waals surface area (Å²) < 4.78 is 0. The number of aryl methyl sites for hydroxylation is 1. The topological polar surface area (TPSA) is 61.4 Å². The van der Waals surface area contributed by atoms with Gasteiger partial charge in [-0.15, -0.1) is 12.4 Å². The van der Waals surface area contributed by atoms with Crippen molar-refractivity contribution >= 4 is 29.9 Å². The molecule has 2 N–H and O–H groups in total. The lowest BCUT2D eigenvalue weighted by atomic mass is 9.99. The molecule has 0 spiro atoms. The predicted molar refractivity (Wildman–Crippen MR) is 104 cm³/mol. The van der Waals surface area contributed by atoms with Gasteiger partial charge in [-0.1, -0.05) is 13.8 Å². The molecule has 0 saturated carbocycles. The Labute approximate surface area is 157 Å². The molecule has 1 heterocycles. The van der Waals surface area contributed by atoms with Crippen LogP contribution in [-0.2, 0) is 4.79 Å². The lowest BCUT2D eigenvalue weighted by Gasteiger charge is -2.31. The van der Waals surface area contributed by atoms with Gasteiger partial charge in [-0.3, -0.25) is 9.59 Å². The second kappa shape index (κ2) is 9.78. The molecule has 1 aromatic rings. The Kier molecular flexibility index (Phi) is 8.39. The van der Waals surface area contributed by atoms with Gasteiger partial charge in [0.15, 0.2) is 0 Å². The maximum atomic E-state index is 12.7. The number of amides is 2. The van der Waals surface area contributed by atoms with Gasteiger partial charge in [-0.25, -0.2) is 0 Å². The van der Waals surface area contributed by atoms with E-state index in [1.54, 1.807) is 0 Å². The minimum absolute atomic E-state index is 0. The number of likely N-dealkylation sites (tertiary alicyclic amines) is 1. The van der Waals surface area contributed by atoms with E-state index >= 15 is 0 Å². The van der Waals surface area contributed by atoms with Crippen molar-refractivity contribution in [2.75, 3.05) is 32.0 Å². The molecule has 2 atom stereocenters. The molecule has 25 heavy (non-hydrogen) atoms. The Balaban J connectivity index is 0.00000312. The zero-order valence-corrected chi connectivity index (χ0v) is 16.4. The predicted octanol–water partition coefficient (Wildman–Crippen LogP) is 3.08. The van der Waals surface area contributed by atoms with Crippen molar-refractivity contribution in [1.82, 2.24) is 10.2 Å². The highest BCUT2D eigenvalue weighted by molar-refractivity contribution is 5.97. The van der Waals surface area contributed by atoms with Crippen molar-refractivity contribution in [3.8, 4) is 0 Å². The molecule has 1 aliphatic heterocycles. The number of hydrogen-bond donors (Lipinski definition) is 2. The van der Waals surface area contributed by atoms with E-state index in [2.05, 4.69) is 17.6 Å². The van der Waals surface area contributed by atoms with E-state index in [0.29, 0.717) is 18.0 Å². The number of nitrogens with one attached hydrogen (secondary N) is 2. The van der Waals surface area contributed by atoms with Crippen LogP contribution in [0.5, 0.6) is 0 Å². The third-order valence-corrected chi connectivity index (χ3v) is 4.63. The summed E-state index contributed by atoms with van der Waals surface area (Å²) in [6.07, 6.45) is 2.27. The summed E-state index contributed by atoms with van der Waals surface area (Å²) >= 11 is 0. The maximum Gasteiger partial charge on any atom is 0.253 e. The molecule has 1 saturated heterocycles. The molecular weight excluding hydrogens is 338 g/mol. The first-order valence-electron chi connectivity index (χ1n) is 8.77. The van der Waals surface area contributed by atoms with Crippen LogP contribution in [0.25, 0.3) is 0 Å². The maximum absolute atomic E-state index is 12.7. The standard InChI is InChI=1S/C19H29N3O2.ClH/c1-13-6-5-9-22(12-13)19(24)16-7-8-17(14(2)10-16)21-18(23)15(3)11-20-4;/h7-8,10,13,15,20H,5-6,9,11-12H2,1-4H3,(H,21,23);1H. The number of carbonyl (C=O) groups excluding carboxylic acids is 2. The number of halogens is 1. The first-order valence-corrected chi connectivity index (χ1v) is 8.77. The molecule has 2 amide bonds. The van der Waals surface area contributed by atoms with E-state index in [-0.39, 0.29) is 30.1 Å². The lowest BCUT2D eigenvalue weighted by molar-refractivity contribution is -0.119. The van der Waals surface area contributed by atoms with Gasteiger partial charge in [-0.2, -0.15) is 0 Å². The van der Waals surface area contributed by atoms with Gasteiger partial charge in [-0.05, 0) is 56.5 Å². The second-order valence-electron chi connectivity index (χ2n) is 6.98. The summed E-state index contributed by atoms with van der Waals surface area (Å²) in [4.78, 5) is 26.7. The smallest absolute Gasteiger partial charge is 0.253 e. The average molecular weight is 368 g/mol. The van der Waals surface area contributed by atoms with Crippen molar-refractivity contribution in [3.05, 3.63) is 29.3 Å². The lowest BCUT2D eigenvalue weighted by Crippen LogP contribution is -2.39. The number of carbonyl (C=O) groups is 2. The SMILES string of the molecule is CNCC(C)C(=O)Nc1ccc(C(=O)N2CCCC(C)C2)cc1C.Cl. The molecule has 0 radical (unpaired) electrons. The second-order valence-corrected chi connectivity index (χ2v) is 6.98. The highest BCUT2D eigenvalue weighted by Gasteiger charge is 2.22. The fraction of sp³-hybridized carbons (Fsp3) is 0.579. The Morgan fingerprint density at radius 1 is 1.36 bits per heavy atom. The van der Waals surface area contributed by atoms with E-state index in [4.69, 9.17) is 0 Å². The monoisotopic (exact) mass is 367 g/mol. The van der Waals surface area contributed by atoms with Crippen LogP contribution in [0, 0.1) is 18.8 Å². The van der Waals surface area contributed by atoms with Crippen LogP contribution in [0.15, 0.2) is 18.2 Å². The van der Waals surface area contributed by atoms with E-state index in [0.717, 1.165) is 30.8 Å². The summed E-state index contributed by atoms with van der Waals surface area (Å²) in [5, 5.41) is 5.95. The van der Waals surface area contributed by atoms with Crippen molar-refractivity contribution in [2.24, 2.45) is 11.8 Å². The van der Waals surface area contributed by atoms with Crippen LogP contribution < -0.4 is 10.6 Å². The summed E-state index contributed by atoms with van der Waals surface area (Å²) in [7, 11) is 1.83. The summed E-state index contributed by atoms with van der Waals surface area (Å²) in [5.41, 5.74) is 2.38. The quantitative estimate of drug-likeness (QED) is 0.840. The van der Waals surface area contributed by atoms with Crippen molar-refractivity contribution in [3.63, 3.8) is 0 Å².